The lowest BCUT2D eigenvalue weighted by Gasteiger charge is -2.18. The normalized spacial score (nSPS) is 12.3. The van der Waals surface area contributed by atoms with Crippen molar-refractivity contribution >= 4 is 49.3 Å². The molecule has 0 fully saturated rings. The van der Waals surface area contributed by atoms with E-state index in [9.17, 15) is 4.79 Å². The van der Waals surface area contributed by atoms with Crippen LogP contribution in [-0.2, 0) is 19.3 Å². The van der Waals surface area contributed by atoms with Gasteiger partial charge in [0.15, 0.2) is 0 Å². The highest BCUT2D eigenvalue weighted by molar-refractivity contribution is 9.10. The van der Waals surface area contributed by atoms with Gasteiger partial charge in [-0.25, -0.2) is 4.79 Å². The summed E-state index contributed by atoms with van der Waals surface area (Å²) in [6, 6.07) is 26.7. The van der Waals surface area contributed by atoms with E-state index in [4.69, 9.17) is 14.7 Å². The number of rotatable bonds is 4. The standard InChI is InChI=1S/C16H15BrN2O2.C10H12O.C7H4BrNO/c1-21-14-7-2-11-8-9-19(15(11)10-14)16(20)18-13-5-3-12(17)4-6-13;1-11-10-6-5-8-3-2-4-9(8)7-10;8-6-1-3-7(4-2-6)10-5-9/h2-7,10H,8-9H2,1H3,(H,18,20);5-7H,2-4H2,1H3;1-4H. The van der Waals surface area contributed by atoms with Crippen molar-refractivity contribution in [2.75, 3.05) is 31.0 Å². The lowest BCUT2D eigenvalue weighted by Crippen LogP contribution is -2.33. The fourth-order valence-electron chi connectivity index (χ4n) is 4.65. The molecular formula is C33H31Br2N3O4. The Kier molecular flexibility index (Phi) is 11.3. The van der Waals surface area contributed by atoms with Crippen LogP contribution in [0, 0.1) is 11.5 Å². The molecule has 4 aromatic carbocycles. The number of benzene rings is 4. The van der Waals surface area contributed by atoms with Crippen LogP contribution in [0.4, 0.5) is 16.2 Å². The molecule has 4 aromatic rings. The molecule has 2 aliphatic rings. The van der Waals surface area contributed by atoms with Crippen molar-refractivity contribution in [2.45, 2.75) is 25.7 Å². The van der Waals surface area contributed by atoms with Crippen molar-refractivity contribution in [3.05, 3.63) is 111 Å². The molecule has 6 rings (SSSR count). The second kappa shape index (κ2) is 15.3. The van der Waals surface area contributed by atoms with E-state index in [0.717, 1.165) is 38.2 Å². The molecule has 2 amide bonds. The van der Waals surface area contributed by atoms with Crippen LogP contribution in [0.15, 0.2) is 93.9 Å². The number of halogens is 2. The van der Waals surface area contributed by atoms with Crippen molar-refractivity contribution in [1.82, 2.24) is 0 Å². The average Bonchev–Trinajstić information content (AvgIpc) is 3.66. The molecule has 1 N–H and O–H groups in total. The second-order valence-electron chi connectivity index (χ2n) is 9.47. The monoisotopic (exact) mass is 691 g/mol. The first-order valence-corrected chi connectivity index (χ1v) is 15.0. The quantitative estimate of drug-likeness (QED) is 0.217. The maximum atomic E-state index is 12.4. The Morgan fingerprint density at radius 2 is 1.33 bits per heavy atom. The Labute approximate surface area is 263 Å². The van der Waals surface area contributed by atoms with E-state index in [0.29, 0.717) is 12.3 Å². The van der Waals surface area contributed by atoms with Gasteiger partial charge in [0.25, 0.3) is 6.26 Å². The van der Waals surface area contributed by atoms with Gasteiger partial charge in [0.2, 0.25) is 0 Å². The number of fused-ring (bicyclic) bond motifs is 2. The molecule has 0 saturated heterocycles. The molecule has 0 atom stereocenters. The van der Waals surface area contributed by atoms with Gasteiger partial charge in [-0.2, -0.15) is 0 Å². The summed E-state index contributed by atoms with van der Waals surface area (Å²) in [7, 11) is 3.35. The zero-order chi connectivity index (χ0) is 29.9. The molecular weight excluding hydrogens is 662 g/mol. The largest absolute Gasteiger partial charge is 0.497 e. The number of carbonyl (C=O) groups is 1. The topological polar surface area (TPSA) is 83.8 Å². The molecule has 0 bridgehead atoms. The number of hydrogen-bond donors (Lipinski definition) is 1. The number of anilines is 2. The molecule has 42 heavy (non-hydrogen) atoms. The lowest BCUT2D eigenvalue weighted by molar-refractivity contribution is 0.257. The number of carbonyl (C=O) groups excluding carboxylic acids is 1. The van der Waals surface area contributed by atoms with Gasteiger partial charge < -0.3 is 19.5 Å². The molecule has 0 spiro atoms. The van der Waals surface area contributed by atoms with E-state index in [1.165, 1.54) is 36.0 Å². The van der Waals surface area contributed by atoms with E-state index < -0.39 is 0 Å². The zero-order valence-electron chi connectivity index (χ0n) is 23.4. The zero-order valence-corrected chi connectivity index (χ0v) is 26.6. The number of ether oxygens (including phenoxy) is 3. The highest BCUT2D eigenvalue weighted by Crippen LogP contribution is 2.32. The van der Waals surface area contributed by atoms with Gasteiger partial charge in [0.05, 0.1) is 19.9 Å². The summed E-state index contributed by atoms with van der Waals surface area (Å²) in [5.41, 5.74) is 5.85. The Morgan fingerprint density at radius 3 is 1.98 bits per heavy atom. The Hall–Kier alpha value is -4.00. The van der Waals surface area contributed by atoms with Crippen LogP contribution in [-0.4, -0.2) is 26.8 Å². The number of amides is 2. The highest BCUT2D eigenvalue weighted by atomic mass is 79.9. The number of hydrogen-bond acceptors (Lipinski definition) is 5. The Morgan fingerprint density at radius 1 is 0.762 bits per heavy atom. The van der Waals surface area contributed by atoms with Crippen LogP contribution in [0.2, 0.25) is 0 Å². The summed E-state index contributed by atoms with van der Waals surface area (Å²) in [4.78, 5) is 14.2. The van der Waals surface area contributed by atoms with Crippen LogP contribution in [0.1, 0.15) is 23.1 Å². The van der Waals surface area contributed by atoms with E-state index in [1.54, 1.807) is 37.5 Å². The van der Waals surface area contributed by atoms with E-state index in [1.807, 2.05) is 60.7 Å². The van der Waals surface area contributed by atoms with Crippen molar-refractivity contribution in [3.8, 4) is 23.5 Å². The van der Waals surface area contributed by atoms with Crippen molar-refractivity contribution < 1.29 is 19.0 Å². The smallest absolute Gasteiger partial charge is 0.326 e. The van der Waals surface area contributed by atoms with Crippen molar-refractivity contribution in [2.24, 2.45) is 0 Å². The van der Waals surface area contributed by atoms with Crippen LogP contribution in [0.25, 0.3) is 0 Å². The molecule has 216 valence electrons. The fourth-order valence-corrected chi connectivity index (χ4v) is 5.18. The summed E-state index contributed by atoms with van der Waals surface area (Å²) in [6.07, 6.45) is 6.24. The van der Waals surface area contributed by atoms with Gasteiger partial charge in [-0.05, 0) is 109 Å². The van der Waals surface area contributed by atoms with Crippen LogP contribution >= 0.6 is 31.9 Å². The van der Waals surface area contributed by atoms with Crippen molar-refractivity contribution in [3.63, 3.8) is 0 Å². The Bertz CT molecular complexity index is 1540. The van der Waals surface area contributed by atoms with E-state index in [2.05, 4.69) is 54.0 Å². The molecule has 1 heterocycles. The third-order valence-electron chi connectivity index (χ3n) is 6.81. The predicted octanol–water partition coefficient (Wildman–Crippen LogP) is 8.55. The van der Waals surface area contributed by atoms with Gasteiger partial charge in [0.1, 0.15) is 17.2 Å². The SMILES string of the molecule is COc1ccc2c(c1)CCC2.COc1ccc2c(c1)N(C(=O)Nc1ccc(Br)cc1)CC2.N#COc1ccc(Br)cc1. The average molecular weight is 693 g/mol. The van der Waals surface area contributed by atoms with Crippen molar-refractivity contribution in [1.29, 1.82) is 5.26 Å². The third kappa shape index (κ3) is 8.51. The first-order valence-electron chi connectivity index (χ1n) is 13.4. The third-order valence-corrected chi connectivity index (χ3v) is 7.87. The molecule has 0 unspecified atom stereocenters. The number of aryl methyl sites for hydroxylation is 2. The predicted molar refractivity (Wildman–Crippen MR) is 173 cm³/mol. The second-order valence-corrected chi connectivity index (χ2v) is 11.3. The maximum absolute atomic E-state index is 12.4. The molecule has 7 nitrogen and oxygen atoms in total. The molecule has 1 aliphatic carbocycles. The molecule has 0 saturated carbocycles. The van der Waals surface area contributed by atoms with Gasteiger partial charge in [0, 0.05) is 27.2 Å². The molecule has 9 heteroatoms. The summed E-state index contributed by atoms with van der Waals surface area (Å²) < 4.78 is 16.9. The van der Waals surface area contributed by atoms with Gasteiger partial charge >= 0.3 is 6.03 Å². The van der Waals surface area contributed by atoms with E-state index in [-0.39, 0.29) is 6.03 Å². The van der Waals surface area contributed by atoms with Crippen LogP contribution < -0.4 is 24.4 Å². The minimum absolute atomic E-state index is 0.121. The lowest BCUT2D eigenvalue weighted by atomic mass is 10.1. The number of nitrogens with one attached hydrogen (secondary N) is 1. The van der Waals surface area contributed by atoms with E-state index >= 15 is 0 Å². The number of nitrogens with zero attached hydrogens (tertiary/aromatic N) is 2. The molecule has 0 aromatic heterocycles. The number of methoxy groups -OCH3 is 2. The highest BCUT2D eigenvalue weighted by Gasteiger charge is 2.25. The maximum Gasteiger partial charge on any atom is 0.326 e. The summed E-state index contributed by atoms with van der Waals surface area (Å²) >= 11 is 6.64. The number of nitriles is 1. The van der Waals surface area contributed by atoms with Crippen LogP contribution in [0.3, 0.4) is 0 Å². The fraction of sp³-hybridized carbons (Fsp3) is 0.212. The summed E-state index contributed by atoms with van der Waals surface area (Å²) in [6.45, 7) is 0.685. The van der Waals surface area contributed by atoms with Gasteiger partial charge in [-0.1, -0.05) is 44.0 Å². The Balaban J connectivity index is 0.000000162. The first kappa shape index (κ1) is 30.9. The summed E-state index contributed by atoms with van der Waals surface area (Å²) in [5.74, 6) is 2.31. The number of urea groups is 1. The molecule has 0 radical (unpaired) electrons. The van der Waals surface area contributed by atoms with Gasteiger partial charge in [-0.3, -0.25) is 4.90 Å². The first-order chi connectivity index (χ1) is 20.4. The minimum Gasteiger partial charge on any atom is -0.497 e. The van der Waals surface area contributed by atoms with Gasteiger partial charge in [-0.15, -0.1) is 5.26 Å². The van der Waals surface area contributed by atoms with Crippen LogP contribution in [0.5, 0.6) is 17.2 Å². The molecule has 1 aliphatic heterocycles. The minimum atomic E-state index is -0.121. The summed E-state index contributed by atoms with van der Waals surface area (Å²) in [5, 5.41) is 11.0.